The molecule has 0 aliphatic heterocycles. The van der Waals surface area contributed by atoms with E-state index in [1.165, 1.54) is 6.33 Å². The Morgan fingerprint density at radius 2 is 2.36 bits per heavy atom. The minimum atomic E-state index is 0.364. The monoisotopic (exact) mass is 147 g/mol. The molecule has 2 N–H and O–H groups in total. The van der Waals surface area contributed by atoms with Gasteiger partial charge in [-0.3, -0.25) is 0 Å². The molecule has 0 fully saturated rings. The van der Waals surface area contributed by atoms with Crippen LogP contribution in [0.15, 0.2) is 12.4 Å². The van der Waals surface area contributed by atoms with E-state index in [1.54, 1.807) is 0 Å². The number of hydrogen-bond donors (Lipinski definition) is 1. The van der Waals surface area contributed by atoms with Crippen LogP contribution in [0.3, 0.4) is 0 Å². The quantitative estimate of drug-likeness (QED) is 0.529. The smallest absolute Gasteiger partial charge is 0.117 e. The molecule has 0 atom stereocenters. The molecule has 1 heterocycles. The van der Waals surface area contributed by atoms with Crippen LogP contribution in [-0.2, 0) is 0 Å². The first-order valence-corrected chi connectivity index (χ1v) is 3.30. The van der Waals surface area contributed by atoms with Crippen LogP contribution in [-0.4, -0.2) is 16.5 Å². The minimum Gasteiger partial charge on any atom is -0.320 e. The van der Waals surface area contributed by atoms with Gasteiger partial charge in [-0.2, -0.15) is 0 Å². The second-order valence-electron chi connectivity index (χ2n) is 2.05. The van der Waals surface area contributed by atoms with Gasteiger partial charge in [-0.15, -0.1) is 0 Å². The molecule has 0 aliphatic carbocycles. The molecular weight excluding hydrogens is 138 g/mol. The van der Waals surface area contributed by atoms with Gasteiger partial charge < -0.3 is 5.73 Å². The second kappa shape index (κ2) is 3.69. The molecule has 0 amide bonds. The van der Waals surface area contributed by atoms with Gasteiger partial charge in [0.15, 0.2) is 0 Å². The molecule has 56 valence electrons. The predicted molar refractivity (Wildman–Crippen MR) is 42.7 cm³/mol. The minimum absolute atomic E-state index is 0.364. The van der Waals surface area contributed by atoms with Crippen molar-refractivity contribution in [2.24, 2.45) is 5.73 Å². The average Bonchev–Trinajstić information content (AvgIpc) is 2.01. The highest BCUT2D eigenvalue weighted by molar-refractivity contribution is 5.27. The van der Waals surface area contributed by atoms with Crippen LogP contribution >= 0.6 is 0 Å². The normalized spacial score (nSPS) is 8.55. The molecule has 0 spiro atoms. The SMILES string of the molecule is Cc1cc(C#CCN)ncn1. The number of aromatic nitrogens is 2. The highest BCUT2D eigenvalue weighted by atomic mass is 14.8. The number of aryl methyl sites for hydroxylation is 1. The molecule has 0 saturated carbocycles. The largest absolute Gasteiger partial charge is 0.320 e. The number of rotatable bonds is 0. The molecule has 0 unspecified atom stereocenters. The zero-order valence-electron chi connectivity index (χ0n) is 6.33. The maximum atomic E-state index is 5.20. The number of nitrogens with zero attached hydrogens (tertiary/aromatic N) is 2. The second-order valence-corrected chi connectivity index (χ2v) is 2.05. The molecule has 1 aromatic heterocycles. The molecule has 0 bridgehead atoms. The van der Waals surface area contributed by atoms with Crippen molar-refractivity contribution < 1.29 is 0 Å². The van der Waals surface area contributed by atoms with Crippen molar-refractivity contribution >= 4 is 0 Å². The Labute approximate surface area is 65.7 Å². The Kier molecular flexibility index (Phi) is 2.59. The molecule has 11 heavy (non-hydrogen) atoms. The van der Waals surface area contributed by atoms with Gasteiger partial charge in [-0.1, -0.05) is 5.92 Å². The van der Waals surface area contributed by atoms with Gasteiger partial charge >= 0.3 is 0 Å². The van der Waals surface area contributed by atoms with E-state index in [4.69, 9.17) is 5.73 Å². The highest BCUT2D eigenvalue weighted by Crippen LogP contribution is 1.92. The first-order valence-electron chi connectivity index (χ1n) is 3.30. The van der Waals surface area contributed by atoms with Gasteiger partial charge in [-0.25, -0.2) is 9.97 Å². The lowest BCUT2D eigenvalue weighted by atomic mass is 10.3. The summed E-state index contributed by atoms with van der Waals surface area (Å²) in [6.07, 6.45) is 1.50. The first kappa shape index (κ1) is 7.70. The lowest BCUT2D eigenvalue weighted by molar-refractivity contribution is 1.09. The fourth-order valence-electron chi connectivity index (χ4n) is 0.664. The lowest BCUT2D eigenvalue weighted by Gasteiger charge is -1.89. The van der Waals surface area contributed by atoms with Crippen LogP contribution in [0.1, 0.15) is 11.4 Å². The third-order valence-corrected chi connectivity index (χ3v) is 1.12. The zero-order valence-corrected chi connectivity index (χ0v) is 6.33. The molecule has 3 nitrogen and oxygen atoms in total. The van der Waals surface area contributed by atoms with Crippen LogP contribution in [0.25, 0.3) is 0 Å². The van der Waals surface area contributed by atoms with Crippen molar-refractivity contribution in [3.63, 3.8) is 0 Å². The number of hydrogen-bond acceptors (Lipinski definition) is 3. The van der Waals surface area contributed by atoms with Gasteiger partial charge in [0.2, 0.25) is 0 Å². The van der Waals surface area contributed by atoms with Crippen LogP contribution < -0.4 is 5.73 Å². The fraction of sp³-hybridized carbons (Fsp3) is 0.250. The van der Waals surface area contributed by atoms with Gasteiger partial charge in [0.05, 0.1) is 6.54 Å². The third kappa shape index (κ3) is 2.36. The summed E-state index contributed by atoms with van der Waals surface area (Å²) in [5, 5.41) is 0. The topological polar surface area (TPSA) is 51.8 Å². The fourth-order valence-corrected chi connectivity index (χ4v) is 0.664. The third-order valence-electron chi connectivity index (χ3n) is 1.12. The molecule has 1 aromatic rings. The van der Waals surface area contributed by atoms with Crippen LogP contribution in [0.5, 0.6) is 0 Å². The average molecular weight is 147 g/mol. The van der Waals surface area contributed by atoms with E-state index < -0.39 is 0 Å². The summed E-state index contributed by atoms with van der Waals surface area (Å²) >= 11 is 0. The van der Waals surface area contributed by atoms with Crippen molar-refractivity contribution in [3.05, 3.63) is 23.8 Å². The van der Waals surface area contributed by atoms with Crippen molar-refractivity contribution in [2.45, 2.75) is 6.92 Å². The van der Waals surface area contributed by atoms with Crippen molar-refractivity contribution in [2.75, 3.05) is 6.54 Å². The van der Waals surface area contributed by atoms with Crippen molar-refractivity contribution in [3.8, 4) is 11.8 Å². The summed E-state index contributed by atoms with van der Waals surface area (Å²) < 4.78 is 0. The highest BCUT2D eigenvalue weighted by Gasteiger charge is 1.87. The molecule has 3 heteroatoms. The Bertz CT molecular complexity index is 296. The molecule has 0 saturated heterocycles. The summed E-state index contributed by atoms with van der Waals surface area (Å²) in [6, 6.07) is 1.82. The van der Waals surface area contributed by atoms with Gasteiger partial charge in [0, 0.05) is 5.69 Å². The summed E-state index contributed by atoms with van der Waals surface area (Å²) in [6.45, 7) is 2.26. The first-order chi connectivity index (χ1) is 5.33. The van der Waals surface area contributed by atoms with Gasteiger partial charge in [-0.05, 0) is 18.9 Å². The maximum Gasteiger partial charge on any atom is 0.117 e. The molecule has 1 rings (SSSR count). The standard InChI is InChI=1S/C8H9N3/c1-7-5-8(3-2-4-9)11-6-10-7/h5-6H,4,9H2,1H3. The Morgan fingerprint density at radius 3 is 3.00 bits per heavy atom. The molecular formula is C8H9N3. The Morgan fingerprint density at radius 1 is 1.55 bits per heavy atom. The van der Waals surface area contributed by atoms with Gasteiger partial charge in [0.25, 0.3) is 0 Å². The van der Waals surface area contributed by atoms with Crippen LogP contribution in [0.2, 0.25) is 0 Å². The van der Waals surface area contributed by atoms with Gasteiger partial charge in [0.1, 0.15) is 12.0 Å². The summed E-state index contributed by atoms with van der Waals surface area (Å²) in [7, 11) is 0. The van der Waals surface area contributed by atoms with E-state index in [-0.39, 0.29) is 0 Å². The van der Waals surface area contributed by atoms with E-state index in [2.05, 4.69) is 21.8 Å². The Hall–Kier alpha value is -1.40. The number of nitrogens with two attached hydrogens (primary N) is 1. The predicted octanol–water partition coefficient (Wildman–Crippen LogP) is 0.0952. The molecule has 0 aliphatic rings. The van der Waals surface area contributed by atoms with E-state index in [9.17, 15) is 0 Å². The van der Waals surface area contributed by atoms with E-state index in [0.29, 0.717) is 6.54 Å². The van der Waals surface area contributed by atoms with Crippen LogP contribution in [0, 0.1) is 18.8 Å². The van der Waals surface area contributed by atoms with E-state index in [0.717, 1.165) is 11.4 Å². The molecule has 0 aromatic carbocycles. The summed E-state index contributed by atoms with van der Waals surface area (Å²) in [5.74, 6) is 5.54. The van der Waals surface area contributed by atoms with Crippen LogP contribution in [0.4, 0.5) is 0 Å². The zero-order chi connectivity index (χ0) is 8.10. The molecule has 0 radical (unpaired) electrons. The summed E-state index contributed by atoms with van der Waals surface area (Å²) in [4.78, 5) is 7.87. The van der Waals surface area contributed by atoms with E-state index >= 15 is 0 Å². The maximum absolute atomic E-state index is 5.20. The lowest BCUT2D eigenvalue weighted by Crippen LogP contribution is -1.94. The summed E-state index contributed by atoms with van der Waals surface area (Å²) in [5.41, 5.74) is 6.84. The Balaban J connectivity index is 2.87. The van der Waals surface area contributed by atoms with E-state index in [1.807, 2.05) is 13.0 Å². The van der Waals surface area contributed by atoms with Crippen molar-refractivity contribution in [1.82, 2.24) is 9.97 Å². The van der Waals surface area contributed by atoms with Crippen molar-refractivity contribution in [1.29, 1.82) is 0 Å².